The van der Waals surface area contributed by atoms with Gasteiger partial charge in [-0.05, 0) is 17.7 Å². The number of aromatic nitrogens is 3. The maximum Gasteiger partial charge on any atom is 0.156 e. The Morgan fingerprint density at radius 3 is 2.37 bits per heavy atom. The Morgan fingerprint density at radius 2 is 1.68 bits per heavy atom. The maximum absolute atomic E-state index is 4.33. The normalized spacial score (nSPS) is 10.4. The summed E-state index contributed by atoms with van der Waals surface area (Å²) in [5, 5.41) is 10.6. The van der Waals surface area contributed by atoms with Crippen molar-refractivity contribution in [3.05, 3.63) is 54.9 Å². The molecule has 0 atom stereocenters. The summed E-state index contributed by atoms with van der Waals surface area (Å²) in [4.78, 5) is 4.06. The predicted octanol–water partition coefficient (Wildman–Crippen LogP) is 3.18. The van der Waals surface area contributed by atoms with Crippen molar-refractivity contribution in [1.82, 2.24) is 15.2 Å². The van der Waals surface area contributed by atoms with Crippen molar-refractivity contribution in [2.75, 3.05) is 12.4 Å². The molecule has 94 valence electrons. The molecule has 0 saturated heterocycles. The predicted molar refractivity (Wildman–Crippen MR) is 76.8 cm³/mol. The number of H-pyrrole nitrogens is 1. The molecule has 2 N–H and O–H groups in total. The molecule has 0 amide bonds. The Kier molecular flexibility index (Phi) is 2.98. The number of hydrogen-bond acceptors (Lipinski definition) is 3. The molecule has 3 aromatic rings. The van der Waals surface area contributed by atoms with Gasteiger partial charge in [0.1, 0.15) is 0 Å². The van der Waals surface area contributed by atoms with Crippen molar-refractivity contribution in [3.8, 4) is 22.4 Å². The summed E-state index contributed by atoms with van der Waals surface area (Å²) in [6, 6.07) is 14.1. The van der Waals surface area contributed by atoms with E-state index in [-0.39, 0.29) is 0 Å². The van der Waals surface area contributed by atoms with Gasteiger partial charge in [-0.1, -0.05) is 30.3 Å². The third kappa shape index (κ3) is 2.08. The smallest absolute Gasteiger partial charge is 0.156 e. The third-order valence-corrected chi connectivity index (χ3v) is 3.03. The van der Waals surface area contributed by atoms with Crippen LogP contribution in [0.2, 0.25) is 0 Å². The second-order valence-electron chi connectivity index (χ2n) is 4.17. The quantitative estimate of drug-likeness (QED) is 0.750. The van der Waals surface area contributed by atoms with Crippen LogP contribution in [0.1, 0.15) is 0 Å². The molecular formula is C15H14N4. The molecule has 0 bridgehead atoms. The van der Waals surface area contributed by atoms with Gasteiger partial charge in [0.25, 0.3) is 0 Å². The van der Waals surface area contributed by atoms with E-state index in [9.17, 15) is 0 Å². The fraction of sp³-hybridized carbons (Fsp3) is 0.0667. The molecule has 0 aliphatic carbocycles. The van der Waals surface area contributed by atoms with E-state index in [0.717, 1.165) is 28.2 Å². The lowest BCUT2D eigenvalue weighted by Gasteiger charge is -2.05. The number of hydrogen-bond donors (Lipinski definition) is 2. The first-order chi connectivity index (χ1) is 9.40. The van der Waals surface area contributed by atoms with Crippen LogP contribution in [-0.4, -0.2) is 22.2 Å². The molecule has 0 fully saturated rings. The molecule has 0 saturated carbocycles. The molecule has 0 spiro atoms. The van der Waals surface area contributed by atoms with Gasteiger partial charge in [0.05, 0.1) is 11.3 Å². The Morgan fingerprint density at radius 1 is 0.947 bits per heavy atom. The molecular weight excluding hydrogens is 236 g/mol. The summed E-state index contributed by atoms with van der Waals surface area (Å²) in [5.41, 5.74) is 4.28. The highest BCUT2D eigenvalue weighted by molar-refractivity contribution is 5.88. The molecule has 1 aromatic carbocycles. The van der Waals surface area contributed by atoms with Gasteiger partial charge in [-0.15, -0.1) is 0 Å². The highest BCUT2D eigenvalue weighted by Crippen LogP contribution is 2.35. The Hall–Kier alpha value is -2.62. The molecule has 2 aromatic heterocycles. The van der Waals surface area contributed by atoms with E-state index in [1.807, 2.05) is 37.4 Å². The number of rotatable bonds is 3. The number of anilines is 1. The number of benzene rings is 1. The zero-order valence-electron chi connectivity index (χ0n) is 10.6. The van der Waals surface area contributed by atoms with Crippen LogP contribution in [0.4, 0.5) is 5.82 Å². The van der Waals surface area contributed by atoms with E-state index in [1.165, 1.54) is 0 Å². The maximum atomic E-state index is 4.33. The average molecular weight is 250 g/mol. The fourth-order valence-corrected chi connectivity index (χ4v) is 2.14. The highest BCUT2D eigenvalue weighted by atomic mass is 15.2. The van der Waals surface area contributed by atoms with E-state index >= 15 is 0 Å². The van der Waals surface area contributed by atoms with Crippen molar-refractivity contribution in [1.29, 1.82) is 0 Å². The monoisotopic (exact) mass is 250 g/mol. The van der Waals surface area contributed by atoms with Gasteiger partial charge in [-0.3, -0.25) is 10.1 Å². The first-order valence-corrected chi connectivity index (χ1v) is 6.12. The molecule has 19 heavy (non-hydrogen) atoms. The number of nitrogens with zero attached hydrogens (tertiary/aromatic N) is 2. The van der Waals surface area contributed by atoms with Crippen LogP contribution in [0.3, 0.4) is 0 Å². The van der Waals surface area contributed by atoms with E-state index in [2.05, 4.69) is 32.6 Å². The number of nitrogens with one attached hydrogen (secondary N) is 2. The molecule has 4 heteroatoms. The third-order valence-electron chi connectivity index (χ3n) is 3.03. The first-order valence-electron chi connectivity index (χ1n) is 6.12. The van der Waals surface area contributed by atoms with Crippen molar-refractivity contribution in [2.24, 2.45) is 0 Å². The molecule has 0 unspecified atom stereocenters. The minimum Gasteiger partial charge on any atom is -0.371 e. The van der Waals surface area contributed by atoms with Gasteiger partial charge in [-0.2, -0.15) is 5.10 Å². The van der Waals surface area contributed by atoms with Crippen LogP contribution >= 0.6 is 0 Å². The molecule has 3 rings (SSSR count). The van der Waals surface area contributed by atoms with E-state index < -0.39 is 0 Å². The summed E-state index contributed by atoms with van der Waals surface area (Å²) < 4.78 is 0. The van der Waals surface area contributed by atoms with Gasteiger partial charge < -0.3 is 5.32 Å². The zero-order valence-corrected chi connectivity index (χ0v) is 10.6. The lowest BCUT2D eigenvalue weighted by Crippen LogP contribution is -1.91. The topological polar surface area (TPSA) is 53.6 Å². The summed E-state index contributed by atoms with van der Waals surface area (Å²) in [5.74, 6) is 0.838. The van der Waals surface area contributed by atoms with Gasteiger partial charge in [-0.25, -0.2) is 0 Å². The van der Waals surface area contributed by atoms with Crippen molar-refractivity contribution < 1.29 is 0 Å². The van der Waals surface area contributed by atoms with Crippen molar-refractivity contribution in [2.45, 2.75) is 0 Å². The van der Waals surface area contributed by atoms with E-state index in [1.54, 1.807) is 12.4 Å². The zero-order chi connectivity index (χ0) is 13.1. The minimum atomic E-state index is 0.838. The van der Waals surface area contributed by atoms with Crippen LogP contribution in [0, 0.1) is 0 Å². The summed E-state index contributed by atoms with van der Waals surface area (Å²) in [7, 11) is 1.87. The van der Waals surface area contributed by atoms with Gasteiger partial charge in [0.2, 0.25) is 0 Å². The van der Waals surface area contributed by atoms with Crippen LogP contribution in [-0.2, 0) is 0 Å². The van der Waals surface area contributed by atoms with Gasteiger partial charge in [0.15, 0.2) is 5.82 Å². The van der Waals surface area contributed by atoms with E-state index in [4.69, 9.17) is 0 Å². The average Bonchev–Trinajstić information content (AvgIpc) is 2.93. The molecule has 0 aliphatic heterocycles. The lowest BCUT2D eigenvalue weighted by molar-refractivity contribution is 1.09. The van der Waals surface area contributed by atoms with Gasteiger partial charge in [0, 0.05) is 25.0 Å². The second kappa shape index (κ2) is 4.94. The number of aromatic amines is 1. The van der Waals surface area contributed by atoms with Crippen LogP contribution in [0.15, 0.2) is 54.9 Å². The summed E-state index contributed by atoms with van der Waals surface area (Å²) >= 11 is 0. The molecule has 0 radical (unpaired) electrons. The fourth-order valence-electron chi connectivity index (χ4n) is 2.14. The second-order valence-corrected chi connectivity index (χ2v) is 4.17. The minimum absolute atomic E-state index is 0.838. The molecule has 2 heterocycles. The summed E-state index contributed by atoms with van der Waals surface area (Å²) in [6.07, 6.45) is 3.58. The molecule has 0 aliphatic rings. The SMILES string of the molecule is CNc1n[nH]c(-c2ccccc2)c1-c1ccncc1. The Bertz CT molecular complexity index is 659. The summed E-state index contributed by atoms with van der Waals surface area (Å²) in [6.45, 7) is 0. The van der Waals surface area contributed by atoms with Crippen molar-refractivity contribution >= 4 is 5.82 Å². The van der Waals surface area contributed by atoms with Crippen LogP contribution in [0.25, 0.3) is 22.4 Å². The highest BCUT2D eigenvalue weighted by Gasteiger charge is 2.15. The first kappa shape index (κ1) is 11.5. The van der Waals surface area contributed by atoms with Gasteiger partial charge >= 0.3 is 0 Å². The standard InChI is InChI=1S/C15H14N4/c1-16-15-13(11-7-9-17-10-8-11)14(18-19-15)12-5-3-2-4-6-12/h2-10H,1H3,(H2,16,18,19). The van der Waals surface area contributed by atoms with Crippen LogP contribution < -0.4 is 5.32 Å². The molecule has 4 nitrogen and oxygen atoms in total. The van der Waals surface area contributed by atoms with Crippen LogP contribution in [0.5, 0.6) is 0 Å². The Balaban J connectivity index is 2.20. The largest absolute Gasteiger partial charge is 0.371 e. The Labute approximate surface area is 111 Å². The number of pyridine rings is 1. The lowest BCUT2D eigenvalue weighted by atomic mass is 10.0. The van der Waals surface area contributed by atoms with E-state index in [0.29, 0.717) is 0 Å². The van der Waals surface area contributed by atoms with Crippen molar-refractivity contribution in [3.63, 3.8) is 0 Å².